The molecule has 0 aliphatic heterocycles. The van der Waals surface area contributed by atoms with Crippen LogP contribution in [0.4, 0.5) is 11.8 Å². The van der Waals surface area contributed by atoms with Crippen molar-refractivity contribution in [2.45, 2.75) is 51.5 Å². The third kappa shape index (κ3) is 4.89. The van der Waals surface area contributed by atoms with Crippen LogP contribution in [-0.2, 0) is 4.74 Å². The minimum Gasteiger partial charge on any atom is -0.396 e. The minimum absolute atomic E-state index is 0.0283. The predicted octanol–water partition coefficient (Wildman–Crippen LogP) is 4.46. The normalized spacial score (nSPS) is 22.3. The number of aromatic nitrogens is 4. The van der Waals surface area contributed by atoms with Gasteiger partial charge in [-0.3, -0.25) is 4.98 Å². The maximum atomic E-state index is 11.1. The lowest BCUT2D eigenvalue weighted by Crippen LogP contribution is -2.49. The van der Waals surface area contributed by atoms with Gasteiger partial charge in [0, 0.05) is 25.8 Å². The van der Waals surface area contributed by atoms with E-state index in [4.69, 9.17) is 19.7 Å². The first-order valence-corrected chi connectivity index (χ1v) is 13.2. The number of pyridine rings is 1. The minimum atomic E-state index is -1.10. The molecule has 0 amide bonds. The molecule has 1 fully saturated rings. The molecule has 1 aliphatic rings. The number of nitrogens with one attached hydrogen (secondary N) is 2. The molecule has 3 aromatic heterocycles. The van der Waals surface area contributed by atoms with Crippen molar-refractivity contribution in [2.24, 2.45) is 5.92 Å². The number of hydrogen-bond donors (Lipinski definition) is 4. The molecule has 4 atom stereocenters. The Morgan fingerprint density at radius 3 is 2.62 bits per heavy atom. The first-order valence-electron chi connectivity index (χ1n) is 12.4. The number of anilines is 2. The summed E-state index contributed by atoms with van der Waals surface area (Å²) in [5.74, 6) is 0.682. The maximum Gasteiger partial charge on any atom is 0.225 e. The molecule has 1 aromatic carbocycles. The van der Waals surface area contributed by atoms with E-state index in [2.05, 4.69) is 53.7 Å². The summed E-state index contributed by atoms with van der Waals surface area (Å²) >= 11 is 1.53. The molecule has 0 saturated heterocycles. The lowest BCUT2D eigenvalue weighted by atomic mass is 10.0. The third-order valence-corrected chi connectivity index (χ3v) is 8.21. The zero-order valence-corrected chi connectivity index (χ0v) is 22.2. The average molecular weight is 521 g/mol. The quantitative estimate of drug-likeness (QED) is 0.249. The molecule has 10 heteroatoms. The van der Waals surface area contributed by atoms with Crippen molar-refractivity contribution in [3.8, 4) is 10.6 Å². The summed E-state index contributed by atoms with van der Waals surface area (Å²) in [6, 6.07) is 10.2. The fourth-order valence-electron chi connectivity index (χ4n) is 4.89. The van der Waals surface area contributed by atoms with Gasteiger partial charge < -0.3 is 25.6 Å². The van der Waals surface area contributed by atoms with E-state index in [1.54, 1.807) is 19.5 Å². The number of ether oxygens (including phenoxy) is 1. The van der Waals surface area contributed by atoms with Crippen molar-refractivity contribution < 1.29 is 14.9 Å². The summed E-state index contributed by atoms with van der Waals surface area (Å²) in [5, 5.41) is 28.4. The van der Waals surface area contributed by atoms with Gasteiger partial charge in [0.05, 0.1) is 28.2 Å². The number of fused-ring (bicyclic) bond motifs is 1. The molecule has 9 nitrogen and oxygen atoms in total. The second-order valence-corrected chi connectivity index (χ2v) is 10.7. The lowest BCUT2D eigenvalue weighted by Gasteiger charge is -2.34. The molecule has 3 heterocycles. The van der Waals surface area contributed by atoms with E-state index in [0.29, 0.717) is 24.6 Å². The van der Waals surface area contributed by atoms with E-state index in [0.717, 1.165) is 32.0 Å². The van der Waals surface area contributed by atoms with Gasteiger partial charge in [0.25, 0.3) is 0 Å². The van der Waals surface area contributed by atoms with Gasteiger partial charge >= 0.3 is 0 Å². The van der Waals surface area contributed by atoms with Crippen molar-refractivity contribution in [1.29, 1.82) is 0 Å². The molecule has 0 unspecified atom stereocenters. The van der Waals surface area contributed by atoms with Crippen molar-refractivity contribution in [1.82, 2.24) is 19.9 Å². The molecule has 1 aliphatic carbocycles. The molecular formula is C27H32N6O3S. The highest BCUT2D eigenvalue weighted by atomic mass is 32.1. The van der Waals surface area contributed by atoms with E-state index < -0.39 is 11.8 Å². The molecular weight excluding hydrogens is 488 g/mol. The molecule has 0 radical (unpaired) electrons. The van der Waals surface area contributed by atoms with Crippen LogP contribution >= 0.6 is 11.3 Å². The van der Waals surface area contributed by atoms with Gasteiger partial charge in [-0.1, -0.05) is 29.8 Å². The lowest BCUT2D eigenvalue weighted by molar-refractivity contribution is -0.0807. The molecule has 0 spiro atoms. The number of benzene rings is 1. The number of methoxy groups -OCH3 is 1. The predicted molar refractivity (Wildman–Crippen MR) is 146 cm³/mol. The van der Waals surface area contributed by atoms with Crippen LogP contribution in [0.1, 0.15) is 42.6 Å². The van der Waals surface area contributed by atoms with Crippen LogP contribution in [0.5, 0.6) is 0 Å². The number of aryl methyl sites for hydroxylation is 2. The zero-order valence-electron chi connectivity index (χ0n) is 21.4. The van der Waals surface area contributed by atoms with Crippen molar-refractivity contribution in [2.75, 3.05) is 24.4 Å². The van der Waals surface area contributed by atoms with E-state index in [1.165, 1.54) is 16.9 Å². The first kappa shape index (κ1) is 25.5. The van der Waals surface area contributed by atoms with Gasteiger partial charge in [0.15, 0.2) is 5.72 Å². The molecule has 4 N–H and O–H groups in total. The number of thiazole rings is 1. The maximum absolute atomic E-state index is 11.1. The Morgan fingerprint density at radius 1 is 1.16 bits per heavy atom. The number of aliphatic hydroxyl groups excluding tert-OH is 2. The van der Waals surface area contributed by atoms with E-state index in [1.807, 2.05) is 13.0 Å². The smallest absolute Gasteiger partial charge is 0.225 e. The van der Waals surface area contributed by atoms with Crippen LogP contribution in [0.25, 0.3) is 20.8 Å². The van der Waals surface area contributed by atoms with Crippen LogP contribution in [0.2, 0.25) is 0 Å². The van der Waals surface area contributed by atoms with Crippen LogP contribution in [0, 0.1) is 19.8 Å². The number of aliphatic hydroxyl groups is 2. The summed E-state index contributed by atoms with van der Waals surface area (Å²) in [7, 11) is 1.56. The topological polar surface area (TPSA) is 125 Å². The Labute approximate surface area is 220 Å². The molecule has 194 valence electrons. The van der Waals surface area contributed by atoms with Gasteiger partial charge in [0.2, 0.25) is 5.95 Å². The summed E-state index contributed by atoms with van der Waals surface area (Å²) < 4.78 is 6.87. The average Bonchev–Trinajstić information content (AvgIpc) is 3.45. The highest BCUT2D eigenvalue weighted by molar-refractivity contribution is 7.21. The molecule has 4 aromatic rings. The fraction of sp³-hybridized carbons (Fsp3) is 0.407. The Bertz CT molecular complexity index is 1360. The molecule has 5 rings (SSSR count). The Kier molecular flexibility index (Phi) is 7.09. The van der Waals surface area contributed by atoms with Crippen molar-refractivity contribution in [3.05, 3.63) is 59.5 Å². The second kappa shape index (κ2) is 10.3. The van der Waals surface area contributed by atoms with Crippen molar-refractivity contribution in [3.63, 3.8) is 0 Å². The molecule has 0 bridgehead atoms. The SMILES string of the molecule is CO[C@]1(Nc2nc(N[C@H](C)c3ccc(C)cc3)nc(C)c2-c2nc3cnccc3s2)CC[C@H](CO)[C@H]1O. The van der Waals surface area contributed by atoms with Gasteiger partial charge in [-0.2, -0.15) is 4.98 Å². The third-order valence-electron chi connectivity index (χ3n) is 7.16. The fourth-order valence-corrected chi connectivity index (χ4v) is 5.92. The van der Waals surface area contributed by atoms with Crippen LogP contribution in [0.3, 0.4) is 0 Å². The van der Waals surface area contributed by atoms with Gasteiger partial charge in [0.1, 0.15) is 22.4 Å². The van der Waals surface area contributed by atoms with E-state index in [-0.39, 0.29) is 18.6 Å². The Morgan fingerprint density at radius 2 is 1.95 bits per heavy atom. The number of nitrogens with zero attached hydrogens (tertiary/aromatic N) is 4. The largest absolute Gasteiger partial charge is 0.396 e. The zero-order chi connectivity index (χ0) is 26.2. The van der Waals surface area contributed by atoms with Gasteiger partial charge in [-0.05, 0) is 45.2 Å². The summed E-state index contributed by atoms with van der Waals surface area (Å²) in [5.41, 5.74) is 3.50. The highest BCUT2D eigenvalue weighted by Crippen LogP contribution is 2.42. The summed E-state index contributed by atoms with van der Waals surface area (Å²) in [6.45, 7) is 5.94. The Hall–Kier alpha value is -3.18. The van der Waals surface area contributed by atoms with Gasteiger partial charge in [-0.15, -0.1) is 11.3 Å². The van der Waals surface area contributed by atoms with Crippen LogP contribution < -0.4 is 10.6 Å². The van der Waals surface area contributed by atoms with Crippen molar-refractivity contribution >= 4 is 33.3 Å². The Balaban J connectivity index is 1.57. The van der Waals surface area contributed by atoms with Crippen LogP contribution in [0.15, 0.2) is 42.7 Å². The monoisotopic (exact) mass is 520 g/mol. The number of rotatable bonds is 8. The molecule has 37 heavy (non-hydrogen) atoms. The first-order chi connectivity index (χ1) is 17.8. The highest BCUT2D eigenvalue weighted by Gasteiger charge is 2.49. The standard InChI is InChI=1S/C27H32N6O3S/c1-15-5-7-18(8-6-15)16(2)29-26-30-17(3)22(25-31-20-13-28-12-10-21(20)37-25)24(32-26)33-27(36-4)11-9-19(14-34)23(27)35/h5-8,10,12-13,16,19,23,34-35H,9,11,14H2,1-4H3,(H2,29,30,32,33)/t16-,19-,23-,27-/m1/s1. The van der Waals surface area contributed by atoms with E-state index >= 15 is 0 Å². The molecule has 1 saturated carbocycles. The second-order valence-electron chi connectivity index (χ2n) is 9.64. The summed E-state index contributed by atoms with van der Waals surface area (Å²) in [4.78, 5) is 18.6. The van der Waals surface area contributed by atoms with E-state index in [9.17, 15) is 10.2 Å². The summed E-state index contributed by atoms with van der Waals surface area (Å²) in [6.07, 6.45) is 3.72. The number of hydrogen-bond acceptors (Lipinski definition) is 10. The van der Waals surface area contributed by atoms with Crippen LogP contribution in [-0.4, -0.2) is 55.7 Å². The van der Waals surface area contributed by atoms with Gasteiger partial charge in [-0.25, -0.2) is 9.97 Å².